The normalized spacial score (nSPS) is 15.8. The van der Waals surface area contributed by atoms with Gasteiger partial charge in [0.25, 0.3) is 0 Å². The van der Waals surface area contributed by atoms with Crippen LogP contribution in [0.2, 0.25) is 0 Å². The Morgan fingerprint density at radius 2 is 1.90 bits per heavy atom. The average Bonchev–Trinajstić information content (AvgIpc) is 2.79. The number of rotatable bonds is 5. The Balaban J connectivity index is 1.90. The maximum absolute atomic E-state index is 10.5. The zero-order valence-electron chi connectivity index (χ0n) is 11.6. The predicted octanol–water partition coefficient (Wildman–Crippen LogP) is 2.74. The van der Waals surface area contributed by atoms with E-state index in [9.17, 15) is 5.11 Å². The molecule has 0 fully saturated rings. The highest BCUT2D eigenvalue weighted by atomic mass is 16.5. The van der Waals surface area contributed by atoms with Gasteiger partial charge in [0.2, 0.25) is 0 Å². The first-order valence-electron chi connectivity index (χ1n) is 7.06. The van der Waals surface area contributed by atoms with Crippen molar-refractivity contribution in [1.29, 1.82) is 0 Å². The minimum atomic E-state index is -0.587. The van der Waals surface area contributed by atoms with Crippen LogP contribution in [0.15, 0.2) is 42.5 Å². The molecule has 2 aromatic carbocycles. The zero-order valence-corrected chi connectivity index (χ0v) is 11.6. The Bertz CT molecular complexity index is 610. The molecule has 0 aliphatic heterocycles. The molecule has 3 rings (SSSR count). The third-order valence-corrected chi connectivity index (χ3v) is 3.67. The Kier molecular flexibility index (Phi) is 3.72. The Morgan fingerprint density at radius 3 is 2.75 bits per heavy atom. The monoisotopic (exact) mass is 269 g/mol. The van der Waals surface area contributed by atoms with E-state index in [2.05, 4.69) is 12.2 Å². The van der Waals surface area contributed by atoms with Crippen molar-refractivity contribution in [3.05, 3.63) is 53.6 Å². The molecular formula is C17H19NO2. The van der Waals surface area contributed by atoms with Crippen LogP contribution in [0.3, 0.4) is 0 Å². The van der Waals surface area contributed by atoms with Gasteiger partial charge in [0.05, 0.1) is 0 Å². The maximum Gasteiger partial charge on any atom is 0.126 e. The van der Waals surface area contributed by atoms with Crippen molar-refractivity contribution in [2.24, 2.45) is 0 Å². The molecule has 3 nitrogen and oxygen atoms in total. The summed E-state index contributed by atoms with van der Waals surface area (Å²) in [5.41, 5.74) is 4.04. The summed E-state index contributed by atoms with van der Waals surface area (Å²) >= 11 is 0. The molecule has 1 aliphatic rings. The Labute approximate surface area is 119 Å². The molecule has 0 bridgehead atoms. The van der Waals surface area contributed by atoms with Gasteiger partial charge in [0.1, 0.15) is 18.5 Å². The highest BCUT2D eigenvalue weighted by Gasteiger charge is 2.29. The lowest BCUT2D eigenvalue weighted by Gasteiger charge is -2.13. The molecule has 0 saturated carbocycles. The van der Waals surface area contributed by atoms with Crippen LogP contribution in [0.1, 0.15) is 24.2 Å². The van der Waals surface area contributed by atoms with Crippen LogP contribution in [-0.2, 0) is 0 Å². The van der Waals surface area contributed by atoms with Crippen LogP contribution in [0, 0.1) is 0 Å². The van der Waals surface area contributed by atoms with E-state index >= 15 is 0 Å². The Hall–Kier alpha value is -1.84. The molecular weight excluding hydrogens is 250 g/mol. The molecule has 0 heterocycles. The average molecular weight is 269 g/mol. The summed E-state index contributed by atoms with van der Waals surface area (Å²) in [5.74, 6) is 0.782. The van der Waals surface area contributed by atoms with Crippen molar-refractivity contribution in [3.8, 4) is 16.9 Å². The second kappa shape index (κ2) is 5.65. The molecule has 3 heteroatoms. The van der Waals surface area contributed by atoms with Crippen molar-refractivity contribution in [1.82, 2.24) is 5.32 Å². The summed E-state index contributed by atoms with van der Waals surface area (Å²) in [6, 6.07) is 13.9. The van der Waals surface area contributed by atoms with Crippen molar-refractivity contribution in [2.75, 3.05) is 19.7 Å². The second-order valence-electron chi connectivity index (χ2n) is 4.91. The van der Waals surface area contributed by atoms with Crippen LogP contribution in [-0.4, -0.2) is 24.8 Å². The van der Waals surface area contributed by atoms with Crippen LogP contribution in [0.4, 0.5) is 0 Å². The topological polar surface area (TPSA) is 41.5 Å². The standard InChI is InChI=1S/C17H19NO2/c1-2-18-10-11-20-15-9-5-8-13-12-6-3-4-7-14(12)17(19)16(13)15/h3-9,17-19H,2,10-11H2,1H3/t17-/m0/s1. The first-order valence-corrected chi connectivity index (χ1v) is 7.06. The molecule has 20 heavy (non-hydrogen) atoms. The highest BCUT2D eigenvalue weighted by Crippen LogP contribution is 2.47. The lowest BCUT2D eigenvalue weighted by Crippen LogP contribution is -2.20. The number of hydrogen-bond donors (Lipinski definition) is 2. The van der Waals surface area contributed by atoms with E-state index in [1.54, 1.807) is 0 Å². The summed E-state index contributed by atoms with van der Waals surface area (Å²) in [7, 11) is 0. The number of nitrogens with one attached hydrogen (secondary N) is 1. The number of ether oxygens (including phenoxy) is 1. The van der Waals surface area contributed by atoms with Gasteiger partial charge in [-0.05, 0) is 29.3 Å². The minimum absolute atomic E-state index is 0.587. The summed E-state index contributed by atoms with van der Waals surface area (Å²) in [6.45, 7) is 4.42. The van der Waals surface area contributed by atoms with Crippen molar-refractivity contribution >= 4 is 0 Å². The van der Waals surface area contributed by atoms with E-state index < -0.39 is 6.10 Å². The number of benzene rings is 2. The number of aliphatic hydroxyl groups is 1. The van der Waals surface area contributed by atoms with Gasteiger partial charge in [-0.3, -0.25) is 0 Å². The molecule has 1 atom stereocenters. The molecule has 0 unspecified atom stereocenters. The highest BCUT2D eigenvalue weighted by molar-refractivity contribution is 5.80. The first-order chi connectivity index (χ1) is 9.83. The number of likely N-dealkylation sites (N-methyl/N-ethyl adjacent to an activating group) is 1. The van der Waals surface area contributed by atoms with Crippen molar-refractivity contribution in [3.63, 3.8) is 0 Å². The van der Waals surface area contributed by atoms with Gasteiger partial charge in [-0.15, -0.1) is 0 Å². The molecule has 0 aromatic heterocycles. The molecule has 0 radical (unpaired) electrons. The number of hydrogen-bond acceptors (Lipinski definition) is 3. The maximum atomic E-state index is 10.5. The van der Waals surface area contributed by atoms with E-state index in [1.165, 1.54) is 0 Å². The largest absolute Gasteiger partial charge is 0.492 e. The minimum Gasteiger partial charge on any atom is -0.492 e. The summed E-state index contributed by atoms with van der Waals surface area (Å²) < 4.78 is 5.83. The van der Waals surface area contributed by atoms with Gasteiger partial charge in [-0.1, -0.05) is 43.3 Å². The SMILES string of the molecule is CCNCCOc1cccc2c1[C@@H](O)c1ccccc1-2. The molecule has 0 spiro atoms. The fourth-order valence-electron chi connectivity index (χ4n) is 2.73. The lowest BCUT2D eigenvalue weighted by atomic mass is 10.1. The lowest BCUT2D eigenvalue weighted by molar-refractivity contribution is 0.215. The summed E-state index contributed by atoms with van der Waals surface area (Å²) in [6.07, 6.45) is -0.587. The molecule has 104 valence electrons. The molecule has 0 amide bonds. The molecule has 1 aliphatic carbocycles. The van der Waals surface area contributed by atoms with Crippen molar-refractivity contribution in [2.45, 2.75) is 13.0 Å². The fraction of sp³-hybridized carbons (Fsp3) is 0.294. The molecule has 2 N–H and O–H groups in total. The Morgan fingerprint density at radius 1 is 1.10 bits per heavy atom. The van der Waals surface area contributed by atoms with Gasteiger partial charge in [0.15, 0.2) is 0 Å². The molecule has 2 aromatic rings. The summed E-state index contributed by atoms with van der Waals surface area (Å²) in [5, 5.41) is 13.7. The van der Waals surface area contributed by atoms with Crippen molar-refractivity contribution < 1.29 is 9.84 Å². The number of fused-ring (bicyclic) bond motifs is 3. The van der Waals surface area contributed by atoms with Gasteiger partial charge in [0, 0.05) is 12.1 Å². The van der Waals surface area contributed by atoms with Crippen LogP contribution in [0.5, 0.6) is 5.75 Å². The predicted molar refractivity (Wildman–Crippen MR) is 80.0 cm³/mol. The van der Waals surface area contributed by atoms with Crippen LogP contribution < -0.4 is 10.1 Å². The van der Waals surface area contributed by atoms with E-state index in [-0.39, 0.29) is 0 Å². The zero-order chi connectivity index (χ0) is 13.9. The third kappa shape index (κ3) is 2.19. The fourth-order valence-corrected chi connectivity index (χ4v) is 2.73. The van der Waals surface area contributed by atoms with Gasteiger partial charge >= 0.3 is 0 Å². The van der Waals surface area contributed by atoms with Gasteiger partial charge in [-0.2, -0.15) is 0 Å². The molecule has 0 saturated heterocycles. The van der Waals surface area contributed by atoms with Crippen LogP contribution >= 0.6 is 0 Å². The third-order valence-electron chi connectivity index (χ3n) is 3.67. The van der Waals surface area contributed by atoms with E-state index in [0.29, 0.717) is 6.61 Å². The van der Waals surface area contributed by atoms with E-state index in [1.807, 2.05) is 42.5 Å². The van der Waals surface area contributed by atoms with Gasteiger partial charge in [-0.25, -0.2) is 0 Å². The second-order valence-corrected chi connectivity index (χ2v) is 4.91. The van der Waals surface area contributed by atoms with E-state index in [0.717, 1.165) is 41.1 Å². The van der Waals surface area contributed by atoms with Gasteiger partial charge < -0.3 is 15.2 Å². The first kappa shape index (κ1) is 13.2. The quantitative estimate of drug-likeness (QED) is 0.820. The number of aliphatic hydroxyl groups excluding tert-OH is 1. The van der Waals surface area contributed by atoms with E-state index in [4.69, 9.17) is 4.74 Å². The summed E-state index contributed by atoms with van der Waals surface area (Å²) in [4.78, 5) is 0. The smallest absolute Gasteiger partial charge is 0.126 e. The van der Waals surface area contributed by atoms with Crippen LogP contribution in [0.25, 0.3) is 11.1 Å².